The van der Waals surface area contributed by atoms with E-state index in [4.69, 9.17) is 0 Å². The molecule has 0 radical (unpaired) electrons. The van der Waals surface area contributed by atoms with Crippen molar-refractivity contribution in [1.82, 2.24) is 19.7 Å². The molecule has 0 unspecified atom stereocenters. The monoisotopic (exact) mass is 622 g/mol. The zero-order valence-corrected chi connectivity index (χ0v) is 25.3. The normalized spacial score (nSPS) is 16.0. The number of carbonyl (C=O) groups is 2. The second-order valence-electron chi connectivity index (χ2n) is 11.8. The van der Waals surface area contributed by atoms with Gasteiger partial charge in [-0.15, -0.1) is 11.3 Å². The summed E-state index contributed by atoms with van der Waals surface area (Å²) in [5, 5.41) is 15.0. The van der Waals surface area contributed by atoms with Gasteiger partial charge >= 0.3 is 12.1 Å². The zero-order chi connectivity index (χ0) is 31.2. The van der Waals surface area contributed by atoms with Crippen LogP contribution in [0.15, 0.2) is 48.0 Å². The second kappa shape index (κ2) is 11.8. The van der Waals surface area contributed by atoms with Crippen LogP contribution in [0.4, 0.5) is 13.2 Å². The van der Waals surface area contributed by atoms with Gasteiger partial charge in [0.05, 0.1) is 16.8 Å². The van der Waals surface area contributed by atoms with Gasteiger partial charge in [-0.2, -0.15) is 18.3 Å². The number of aryl methyl sites for hydroxylation is 3. The average Bonchev–Trinajstić information content (AvgIpc) is 3.63. The maximum Gasteiger partial charge on any atom is 0.434 e. The first-order valence-electron chi connectivity index (χ1n) is 14.8. The van der Waals surface area contributed by atoms with Gasteiger partial charge in [-0.05, 0) is 104 Å². The molecule has 0 spiro atoms. The summed E-state index contributed by atoms with van der Waals surface area (Å²) in [7, 11) is 0. The standard InChI is InChI=1S/C33H33F3N4O3S/c1-19-16-24(22-12-14-39(15-13-22)31(41)23-7-8-23)9-6-21(19)10-11-25-20(2)18-44-29(25)27-4-3-5-28(38-27)40-30(33(34,35)36)26(17-37-40)32(42)43/h3-6,9,16-18,22-23H,7-8,10-15H2,1-2H3,(H,42,43). The van der Waals surface area contributed by atoms with Crippen LogP contribution in [0.25, 0.3) is 16.4 Å². The second-order valence-corrected chi connectivity index (χ2v) is 12.7. The first kappa shape index (κ1) is 30.1. The molecule has 1 N–H and O–H groups in total. The van der Waals surface area contributed by atoms with Crippen LogP contribution < -0.4 is 0 Å². The Morgan fingerprint density at radius 1 is 1.02 bits per heavy atom. The molecule has 1 aliphatic heterocycles. The summed E-state index contributed by atoms with van der Waals surface area (Å²) in [5.74, 6) is -0.752. The lowest BCUT2D eigenvalue weighted by Gasteiger charge is -2.32. The molecular formula is C33H33F3N4O3S. The number of benzene rings is 1. The van der Waals surface area contributed by atoms with Crippen molar-refractivity contribution < 1.29 is 27.9 Å². The Morgan fingerprint density at radius 2 is 1.77 bits per heavy atom. The third-order valence-corrected chi connectivity index (χ3v) is 9.93. The molecule has 1 amide bonds. The van der Waals surface area contributed by atoms with E-state index in [2.05, 4.69) is 35.2 Å². The number of hydrogen-bond acceptors (Lipinski definition) is 5. The number of carboxylic acid groups (broad SMARTS) is 1. The summed E-state index contributed by atoms with van der Waals surface area (Å²) in [6.45, 7) is 5.80. The van der Waals surface area contributed by atoms with Gasteiger partial charge in [0.15, 0.2) is 11.5 Å². The van der Waals surface area contributed by atoms with Gasteiger partial charge in [0.1, 0.15) is 5.56 Å². The SMILES string of the molecule is Cc1cc(C2CCN(C(=O)C3CC3)CC2)ccc1CCc1c(C)csc1-c1cccc(-n2ncc(C(=O)O)c2C(F)(F)F)n1. The van der Waals surface area contributed by atoms with Gasteiger partial charge in [0.25, 0.3) is 0 Å². The number of piperidine rings is 1. The van der Waals surface area contributed by atoms with Crippen molar-refractivity contribution in [3.8, 4) is 16.4 Å². The fourth-order valence-electron chi connectivity index (χ4n) is 6.15. The van der Waals surface area contributed by atoms with E-state index in [9.17, 15) is 27.9 Å². The number of carboxylic acids is 1. The molecule has 44 heavy (non-hydrogen) atoms. The lowest BCUT2D eigenvalue weighted by molar-refractivity contribution is -0.143. The molecule has 230 valence electrons. The fraction of sp³-hybridized carbons (Fsp3) is 0.394. The summed E-state index contributed by atoms with van der Waals surface area (Å²) >= 11 is 1.48. The molecule has 1 aromatic carbocycles. The number of thiophene rings is 1. The highest BCUT2D eigenvalue weighted by Gasteiger charge is 2.41. The van der Waals surface area contributed by atoms with Gasteiger partial charge < -0.3 is 10.0 Å². The number of likely N-dealkylation sites (tertiary alicyclic amines) is 1. The maximum absolute atomic E-state index is 13.8. The van der Waals surface area contributed by atoms with E-state index < -0.39 is 23.4 Å². The van der Waals surface area contributed by atoms with Crippen LogP contribution in [0, 0.1) is 19.8 Å². The van der Waals surface area contributed by atoms with Crippen molar-refractivity contribution in [1.29, 1.82) is 0 Å². The Labute approximate surface area is 257 Å². The number of pyridine rings is 1. The molecule has 3 aromatic heterocycles. The number of rotatable bonds is 8. The van der Waals surface area contributed by atoms with Crippen LogP contribution in [0.5, 0.6) is 0 Å². The zero-order valence-electron chi connectivity index (χ0n) is 24.5. The van der Waals surface area contributed by atoms with Crippen molar-refractivity contribution in [3.63, 3.8) is 0 Å². The van der Waals surface area contributed by atoms with E-state index in [1.165, 1.54) is 34.1 Å². The molecule has 2 fully saturated rings. The van der Waals surface area contributed by atoms with E-state index in [1.54, 1.807) is 12.1 Å². The minimum atomic E-state index is -4.92. The summed E-state index contributed by atoms with van der Waals surface area (Å²) in [5.41, 5.74) is 4.17. The molecule has 4 heterocycles. The number of amides is 1. The van der Waals surface area contributed by atoms with Crippen LogP contribution in [0.2, 0.25) is 0 Å². The van der Waals surface area contributed by atoms with Crippen molar-refractivity contribution in [2.24, 2.45) is 5.92 Å². The van der Waals surface area contributed by atoms with Gasteiger partial charge in [0, 0.05) is 19.0 Å². The van der Waals surface area contributed by atoms with E-state index in [0.29, 0.717) is 28.4 Å². The topological polar surface area (TPSA) is 88.3 Å². The Morgan fingerprint density at radius 3 is 2.43 bits per heavy atom. The number of hydrogen-bond donors (Lipinski definition) is 1. The predicted molar refractivity (Wildman–Crippen MR) is 161 cm³/mol. The lowest BCUT2D eigenvalue weighted by atomic mass is 9.87. The molecule has 1 aliphatic carbocycles. The molecule has 2 aliphatic rings. The minimum Gasteiger partial charge on any atom is -0.478 e. The largest absolute Gasteiger partial charge is 0.478 e. The minimum absolute atomic E-state index is 0.103. The van der Waals surface area contributed by atoms with Crippen molar-refractivity contribution >= 4 is 23.2 Å². The van der Waals surface area contributed by atoms with Crippen LogP contribution in [-0.2, 0) is 23.8 Å². The Bertz CT molecular complexity index is 1720. The Kier molecular flexibility index (Phi) is 8.08. The van der Waals surface area contributed by atoms with Crippen LogP contribution >= 0.6 is 11.3 Å². The van der Waals surface area contributed by atoms with Crippen LogP contribution in [0.1, 0.15) is 75.5 Å². The van der Waals surface area contributed by atoms with E-state index >= 15 is 0 Å². The molecular weight excluding hydrogens is 589 g/mol. The van der Waals surface area contributed by atoms with Gasteiger partial charge in [-0.1, -0.05) is 24.3 Å². The first-order valence-corrected chi connectivity index (χ1v) is 15.7. The highest BCUT2D eigenvalue weighted by Crippen LogP contribution is 2.37. The molecule has 6 rings (SSSR count). The van der Waals surface area contributed by atoms with Crippen LogP contribution in [0.3, 0.4) is 0 Å². The molecule has 1 saturated carbocycles. The van der Waals surface area contributed by atoms with Crippen LogP contribution in [-0.4, -0.2) is 49.7 Å². The van der Waals surface area contributed by atoms with Gasteiger partial charge in [-0.25, -0.2) is 14.5 Å². The van der Waals surface area contributed by atoms with Gasteiger partial charge in [-0.3, -0.25) is 4.79 Å². The first-order chi connectivity index (χ1) is 21.0. The molecule has 4 aromatic rings. The summed E-state index contributed by atoms with van der Waals surface area (Å²) < 4.78 is 42.0. The molecule has 0 bridgehead atoms. The summed E-state index contributed by atoms with van der Waals surface area (Å²) in [6, 6.07) is 11.4. The average molecular weight is 623 g/mol. The maximum atomic E-state index is 13.8. The lowest BCUT2D eigenvalue weighted by Crippen LogP contribution is -2.38. The number of carbonyl (C=O) groups excluding carboxylic acids is 1. The number of aromatic carboxylic acids is 1. The number of nitrogens with zero attached hydrogens (tertiary/aromatic N) is 4. The Balaban J connectivity index is 1.18. The molecule has 7 nitrogen and oxygen atoms in total. The van der Waals surface area contributed by atoms with Gasteiger partial charge in [0.2, 0.25) is 5.91 Å². The highest BCUT2D eigenvalue weighted by atomic mass is 32.1. The number of aromatic nitrogens is 3. The summed E-state index contributed by atoms with van der Waals surface area (Å²) in [6.07, 6.45) is 1.36. The third-order valence-electron chi connectivity index (χ3n) is 8.77. The van der Waals surface area contributed by atoms with Crippen molar-refractivity contribution in [3.05, 3.63) is 87.0 Å². The number of alkyl halides is 3. The molecule has 1 saturated heterocycles. The van der Waals surface area contributed by atoms with Crippen molar-refractivity contribution in [2.45, 2.75) is 64.5 Å². The van der Waals surface area contributed by atoms with E-state index in [0.717, 1.165) is 67.6 Å². The van der Waals surface area contributed by atoms with Crippen molar-refractivity contribution in [2.75, 3.05) is 13.1 Å². The quantitative estimate of drug-likeness (QED) is 0.224. The number of halogens is 3. The molecule has 0 atom stereocenters. The third kappa shape index (κ3) is 6.02. The molecule has 11 heteroatoms. The Hall–Kier alpha value is -3.99. The smallest absolute Gasteiger partial charge is 0.434 e. The predicted octanol–water partition coefficient (Wildman–Crippen LogP) is 7.23. The van der Waals surface area contributed by atoms with E-state index in [1.807, 2.05) is 17.2 Å². The summed E-state index contributed by atoms with van der Waals surface area (Å²) in [4.78, 5) is 31.3. The van der Waals surface area contributed by atoms with E-state index in [-0.39, 0.29) is 11.7 Å². The fourth-order valence-corrected chi connectivity index (χ4v) is 7.22. The highest BCUT2D eigenvalue weighted by molar-refractivity contribution is 7.13.